The van der Waals surface area contributed by atoms with Gasteiger partial charge in [-0.3, -0.25) is 0 Å². The average molecular weight is 353 g/mol. The first-order valence-corrected chi connectivity index (χ1v) is 8.31. The van der Waals surface area contributed by atoms with E-state index in [9.17, 15) is 4.39 Å². The lowest BCUT2D eigenvalue weighted by Crippen LogP contribution is -2.10. The van der Waals surface area contributed by atoms with Crippen LogP contribution in [0.15, 0.2) is 51.8 Å². The number of thioether (sulfide) groups is 1. The molecule has 0 aliphatic rings. The number of hydrogen-bond acceptors (Lipinski definition) is 1. The van der Waals surface area contributed by atoms with E-state index in [1.807, 2.05) is 6.07 Å². The fourth-order valence-corrected chi connectivity index (χ4v) is 3.43. The van der Waals surface area contributed by atoms with Gasteiger partial charge in [0.25, 0.3) is 0 Å². The summed E-state index contributed by atoms with van der Waals surface area (Å²) >= 11 is 5.17. The molecule has 0 heterocycles. The van der Waals surface area contributed by atoms with Gasteiger partial charge in [0.1, 0.15) is 5.82 Å². The maximum absolute atomic E-state index is 13.0. The molecule has 0 aliphatic heterocycles. The fourth-order valence-electron chi connectivity index (χ4n) is 1.85. The normalized spacial score (nSPS) is 11.7. The Balaban J connectivity index is 2.04. The molecule has 2 rings (SSSR count). The molecule has 20 heavy (non-hydrogen) atoms. The summed E-state index contributed by atoms with van der Waals surface area (Å²) in [6.45, 7) is 6.64. The lowest BCUT2D eigenvalue weighted by Gasteiger charge is -2.19. The molecule has 3 heteroatoms. The summed E-state index contributed by atoms with van der Waals surface area (Å²) in [5.41, 5.74) is 2.63. The van der Waals surface area contributed by atoms with Crippen molar-refractivity contribution in [2.24, 2.45) is 0 Å². The fraction of sp³-hybridized carbons (Fsp3) is 0.294. The van der Waals surface area contributed by atoms with Gasteiger partial charge >= 0.3 is 0 Å². The third-order valence-corrected chi connectivity index (χ3v) is 4.93. The van der Waals surface area contributed by atoms with Crippen molar-refractivity contribution in [3.05, 3.63) is 63.9 Å². The molecular formula is C17H18BrFS. The Morgan fingerprint density at radius 3 is 2.25 bits per heavy atom. The van der Waals surface area contributed by atoms with Crippen molar-refractivity contribution in [1.29, 1.82) is 0 Å². The smallest absolute Gasteiger partial charge is 0.124 e. The zero-order valence-corrected chi connectivity index (χ0v) is 14.3. The van der Waals surface area contributed by atoms with Crippen LogP contribution >= 0.6 is 27.7 Å². The lowest BCUT2D eigenvalue weighted by molar-refractivity contribution is 0.590. The van der Waals surface area contributed by atoms with Gasteiger partial charge in [-0.05, 0) is 40.8 Å². The van der Waals surface area contributed by atoms with Gasteiger partial charge in [0, 0.05) is 15.1 Å². The minimum absolute atomic E-state index is 0.184. The molecule has 0 bridgehead atoms. The van der Waals surface area contributed by atoms with Crippen LogP contribution in [0.5, 0.6) is 0 Å². The van der Waals surface area contributed by atoms with Crippen LogP contribution in [0.2, 0.25) is 0 Å². The van der Waals surface area contributed by atoms with E-state index in [1.54, 1.807) is 11.8 Å². The van der Waals surface area contributed by atoms with E-state index < -0.39 is 0 Å². The first kappa shape index (κ1) is 15.6. The summed E-state index contributed by atoms with van der Waals surface area (Å²) in [6.07, 6.45) is 0. The van der Waals surface area contributed by atoms with Crippen molar-refractivity contribution < 1.29 is 4.39 Å². The van der Waals surface area contributed by atoms with Gasteiger partial charge in [0.2, 0.25) is 0 Å². The van der Waals surface area contributed by atoms with Crippen LogP contribution in [-0.4, -0.2) is 0 Å². The molecule has 0 atom stereocenters. The Kier molecular flexibility index (Phi) is 4.92. The minimum atomic E-state index is -0.208. The minimum Gasteiger partial charge on any atom is -0.207 e. The Morgan fingerprint density at radius 2 is 1.70 bits per heavy atom. The van der Waals surface area contributed by atoms with Crippen LogP contribution in [-0.2, 0) is 11.2 Å². The van der Waals surface area contributed by atoms with Gasteiger partial charge < -0.3 is 0 Å². The zero-order valence-electron chi connectivity index (χ0n) is 11.9. The van der Waals surface area contributed by atoms with Crippen LogP contribution in [0.1, 0.15) is 31.9 Å². The van der Waals surface area contributed by atoms with Gasteiger partial charge in [-0.25, -0.2) is 4.39 Å². The highest BCUT2D eigenvalue weighted by atomic mass is 79.9. The highest BCUT2D eigenvalue weighted by Gasteiger charge is 2.12. The second-order valence-electron chi connectivity index (χ2n) is 5.80. The molecule has 2 aromatic rings. The first-order valence-electron chi connectivity index (χ1n) is 6.53. The monoisotopic (exact) mass is 352 g/mol. The van der Waals surface area contributed by atoms with Gasteiger partial charge in [0.15, 0.2) is 0 Å². The largest absolute Gasteiger partial charge is 0.207 e. The molecule has 0 aromatic heterocycles. The summed E-state index contributed by atoms with van der Waals surface area (Å²) in [5, 5.41) is 0. The zero-order chi connectivity index (χ0) is 14.8. The van der Waals surface area contributed by atoms with Crippen LogP contribution < -0.4 is 0 Å². The van der Waals surface area contributed by atoms with E-state index in [0.29, 0.717) is 0 Å². The summed E-state index contributed by atoms with van der Waals surface area (Å²) in [6, 6.07) is 13.5. The molecule has 0 aliphatic carbocycles. The molecule has 0 saturated carbocycles. The van der Waals surface area contributed by atoms with Crippen LogP contribution in [0.3, 0.4) is 0 Å². The average Bonchev–Trinajstić information content (AvgIpc) is 2.37. The van der Waals surface area contributed by atoms with Crippen molar-refractivity contribution >= 4 is 27.7 Å². The second-order valence-corrected chi connectivity index (χ2v) is 7.70. The maximum atomic E-state index is 13.0. The van der Waals surface area contributed by atoms with Crippen LogP contribution in [0.25, 0.3) is 0 Å². The molecule has 0 spiro atoms. The summed E-state index contributed by atoms with van der Waals surface area (Å²) in [7, 11) is 0. The maximum Gasteiger partial charge on any atom is 0.124 e. The molecular weight excluding hydrogens is 335 g/mol. The molecule has 0 N–H and O–H groups in total. The summed E-state index contributed by atoms with van der Waals surface area (Å²) in [4.78, 5) is 1.23. The second kappa shape index (κ2) is 6.31. The molecule has 0 saturated heterocycles. The van der Waals surface area contributed by atoms with E-state index in [1.165, 1.54) is 22.6 Å². The summed E-state index contributed by atoms with van der Waals surface area (Å²) < 4.78 is 13.9. The first-order chi connectivity index (χ1) is 9.36. The van der Waals surface area contributed by atoms with Crippen molar-refractivity contribution in [2.75, 3.05) is 0 Å². The van der Waals surface area contributed by atoms with E-state index >= 15 is 0 Å². The van der Waals surface area contributed by atoms with Crippen LogP contribution in [0.4, 0.5) is 4.39 Å². The number of hydrogen-bond donors (Lipinski definition) is 0. The Hall–Kier alpha value is -0.800. The SMILES string of the molecule is CC(C)(C)c1ccc(SCc2ccc(F)cc2Br)cc1. The van der Waals surface area contributed by atoms with Gasteiger partial charge in [0.05, 0.1) is 0 Å². The highest BCUT2D eigenvalue weighted by Crippen LogP contribution is 2.29. The third-order valence-electron chi connectivity index (χ3n) is 3.13. The number of benzene rings is 2. The standard InChI is InChI=1S/C17H18BrFS/c1-17(2,3)13-5-8-15(9-6-13)20-11-12-4-7-14(19)10-16(12)18/h4-10H,11H2,1-3H3. The molecule has 0 fully saturated rings. The van der Waals surface area contributed by atoms with E-state index in [-0.39, 0.29) is 11.2 Å². The highest BCUT2D eigenvalue weighted by molar-refractivity contribution is 9.10. The quantitative estimate of drug-likeness (QED) is 0.594. The molecule has 0 radical (unpaired) electrons. The Labute approximate surface area is 132 Å². The van der Waals surface area contributed by atoms with E-state index in [0.717, 1.165) is 15.8 Å². The number of halogens is 2. The topological polar surface area (TPSA) is 0 Å². The molecule has 0 amide bonds. The van der Waals surface area contributed by atoms with E-state index in [2.05, 4.69) is 61.0 Å². The molecule has 2 aromatic carbocycles. The van der Waals surface area contributed by atoms with Crippen molar-refractivity contribution in [2.45, 2.75) is 36.8 Å². The van der Waals surface area contributed by atoms with Crippen LogP contribution in [0, 0.1) is 5.82 Å². The third kappa shape index (κ3) is 4.10. The van der Waals surface area contributed by atoms with E-state index in [4.69, 9.17) is 0 Å². The molecule has 106 valence electrons. The molecule has 0 nitrogen and oxygen atoms in total. The van der Waals surface area contributed by atoms with Crippen molar-refractivity contribution in [3.8, 4) is 0 Å². The van der Waals surface area contributed by atoms with Gasteiger partial charge in [-0.15, -0.1) is 11.8 Å². The predicted octanol–water partition coefficient (Wildman–Crippen LogP) is 6.18. The summed E-state index contributed by atoms with van der Waals surface area (Å²) in [5.74, 6) is 0.621. The van der Waals surface area contributed by atoms with Crippen molar-refractivity contribution in [3.63, 3.8) is 0 Å². The van der Waals surface area contributed by atoms with Crippen molar-refractivity contribution in [1.82, 2.24) is 0 Å². The van der Waals surface area contributed by atoms with Gasteiger partial charge in [-0.2, -0.15) is 0 Å². The predicted molar refractivity (Wildman–Crippen MR) is 88.8 cm³/mol. The molecule has 0 unspecified atom stereocenters. The Morgan fingerprint density at radius 1 is 1.05 bits per heavy atom. The number of rotatable bonds is 3. The Bertz CT molecular complexity index is 585. The van der Waals surface area contributed by atoms with Gasteiger partial charge in [-0.1, -0.05) is 54.9 Å². The lowest BCUT2D eigenvalue weighted by atomic mass is 9.87.